The smallest absolute Gasteiger partial charge is 0.319 e. The normalized spacial score (nSPS) is 27.7. The maximum Gasteiger partial charge on any atom is 0.319 e. The van der Waals surface area contributed by atoms with Gasteiger partial charge >= 0.3 is 5.97 Å². The van der Waals surface area contributed by atoms with Crippen LogP contribution in [0.15, 0.2) is 30.3 Å². The lowest BCUT2D eigenvalue weighted by atomic mass is 9.69. The van der Waals surface area contributed by atoms with Crippen LogP contribution >= 0.6 is 11.6 Å². The minimum absolute atomic E-state index is 0.324. The van der Waals surface area contributed by atoms with E-state index in [-0.39, 0.29) is 5.78 Å². The van der Waals surface area contributed by atoms with Crippen molar-refractivity contribution in [2.24, 2.45) is 5.41 Å². The second-order valence-corrected chi connectivity index (χ2v) is 5.21. The van der Waals surface area contributed by atoms with Crippen LogP contribution in [0.5, 0.6) is 0 Å². The Balaban J connectivity index is 2.42. The number of halogens is 1. The van der Waals surface area contributed by atoms with Gasteiger partial charge in [0, 0.05) is 5.56 Å². The summed E-state index contributed by atoms with van der Waals surface area (Å²) in [5.74, 6) is -1.47. The van der Waals surface area contributed by atoms with E-state index in [1.807, 2.05) is 0 Å². The minimum atomic E-state index is -1.46. The van der Waals surface area contributed by atoms with Crippen LogP contribution in [0, 0.1) is 5.41 Å². The van der Waals surface area contributed by atoms with Gasteiger partial charge in [-0.25, -0.2) is 0 Å². The van der Waals surface area contributed by atoms with E-state index in [4.69, 9.17) is 11.6 Å². The number of rotatable bonds is 3. The molecular formula is C14H15ClO3. The predicted octanol–water partition coefficient (Wildman–Crippen LogP) is 3.12. The molecule has 0 radical (unpaired) electrons. The third-order valence-electron chi connectivity index (χ3n) is 3.64. The Labute approximate surface area is 111 Å². The fourth-order valence-corrected chi connectivity index (χ4v) is 3.03. The molecule has 0 aliphatic heterocycles. The maximum atomic E-state index is 12.5. The van der Waals surface area contributed by atoms with E-state index in [2.05, 4.69) is 0 Å². The number of ketones is 1. The lowest BCUT2D eigenvalue weighted by Crippen LogP contribution is -2.48. The number of hydrogen-bond acceptors (Lipinski definition) is 2. The molecule has 0 bridgehead atoms. The molecule has 0 saturated heterocycles. The number of carboxylic acid groups (broad SMARTS) is 1. The molecule has 2 atom stereocenters. The molecule has 1 aromatic carbocycles. The number of hydrogen-bond donors (Lipinski definition) is 1. The highest BCUT2D eigenvalue weighted by molar-refractivity contribution is 6.27. The molecule has 4 heteroatoms. The van der Waals surface area contributed by atoms with E-state index in [1.165, 1.54) is 0 Å². The molecule has 1 saturated carbocycles. The molecule has 18 heavy (non-hydrogen) atoms. The number of alkyl halides is 1. The average molecular weight is 267 g/mol. The van der Waals surface area contributed by atoms with Gasteiger partial charge in [-0.3, -0.25) is 9.59 Å². The van der Waals surface area contributed by atoms with Crippen molar-refractivity contribution < 1.29 is 14.7 Å². The van der Waals surface area contributed by atoms with Crippen LogP contribution < -0.4 is 0 Å². The fourth-order valence-electron chi connectivity index (χ4n) is 2.57. The van der Waals surface area contributed by atoms with Crippen molar-refractivity contribution in [1.82, 2.24) is 0 Å². The summed E-state index contributed by atoms with van der Waals surface area (Å²) in [7, 11) is 0. The zero-order valence-electron chi connectivity index (χ0n) is 9.93. The molecule has 1 aliphatic rings. The summed E-state index contributed by atoms with van der Waals surface area (Å²) in [5, 5.41) is 8.86. The predicted molar refractivity (Wildman–Crippen MR) is 69.0 cm³/mol. The van der Waals surface area contributed by atoms with Gasteiger partial charge in [0.05, 0.1) is 5.38 Å². The Kier molecular flexibility index (Phi) is 3.71. The summed E-state index contributed by atoms with van der Waals surface area (Å²) < 4.78 is 0. The molecule has 1 aliphatic carbocycles. The molecular weight excluding hydrogens is 252 g/mol. The summed E-state index contributed by atoms with van der Waals surface area (Å²) in [6.07, 6.45) is 2.51. The van der Waals surface area contributed by atoms with Crippen molar-refractivity contribution in [3.05, 3.63) is 35.9 Å². The molecule has 2 rings (SSSR count). The van der Waals surface area contributed by atoms with Crippen LogP contribution in [0.3, 0.4) is 0 Å². The topological polar surface area (TPSA) is 54.4 Å². The highest BCUT2D eigenvalue weighted by atomic mass is 35.5. The standard InChI is InChI=1S/C14H15ClO3/c15-11-8-4-5-9-14(11,13(17)18)12(16)10-6-2-1-3-7-10/h1-3,6-7,11H,4-5,8-9H2,(H,17,18). The van der Waals surface area contributed by atoms with Crippen molar-refractivity contribution in [1.29, 1.82) is 0 Å². The first kappa shape index (κ1) is 13.1. The molecule has 0 heterocycles. The van der Waals surface area contributed by atoms with Crippen molar-refractivity contribution in [3.63, 3.8) is 0 Å². The van der Waals surface area contributed by atoms with Gasteiger partial charge in [-0.1, -0.05) is 43.2 Å². The first-order valence-electron chi connectivity index (χ1n) is 6.06. The zero-order valence-corrected chi connectivity index (χ0v) is 10.7. The molecule has 3 nitrogen and oxygen atoms in total. The van der Waals surface area contributed by atoms with E-state index in [1.54, 1.807) is 30.3 Å². The van der Waals surface area contributed by atoms with Gasteiger partial charge in [0.25, 0.3) is 0 Å². The van der Waals surface area contributed by atoms with Gasteiger partial charge in [-0.2, -0.15) is 0 Å². The van der Waals surface area contributed by atoms with E-state index in [9.17, 15) is 14.7 Å². The fraction of sp³-hybridized carbons (Fsp3) is 0.429. The Bertz CT molecular complexity index is 457. The first-order valence-corrected chi connectivity index (χ1v) is 6.50. The van der Waals surface area contributed by atoms with Crippen molar-refractivity contribution in [2.75, 3.05) is 0 Å². The molecule has 1 aromatic rings. The summed E-state index contributed by atoms with van der Waals surface area (Å²) >= 11 is 6.18. The van der Waals surface area contributed by atoms with Crippen LogP contribution in [-0.4, -0.2) is 22.2 Å². The molecule has 96 valence electrons. The third-order valence-corrected chi connectivity index (χ3v) is 4.23. The Morgan fingerprint density at radius 3 is 2.44 bits per heavy atom. The molecule has 1 N–H and O–H groups in total. The van der Waals surface area contributed by atoms with Crippen LogP contribution in [-0.2, 0) is 4.79 Å². The highest BCUT2D eigenvalue weighted by Gasteiger charge is 2.52. The van der Waals surface area contributed by atoms with Crippen molar-refractivity contribution in [3.8, 4) is 0 Å². The summed E-state index contributed by atoms with van der Waals surface area (Å²) in [4.78, 5) is 24.1. The number of benzene rings is 1. The molecule has 0 spiro atoms. The quantitative estimate of drug-likeness (QED) is 0.520. The van der Waals surface area contributed by atoms with E-state index < -0.39 is 16.8 Å². The number of Topliss-reactive ketones (excluding diaryl/α,β-unsaturated/α-hetero) is 1. The lowest BCUT2D eigenvalue weighted by Gasteiger charge is -2.36. The summed E-state index contributed by atoms with van der Waals surface area (Å²) in [6.45, 7) is 0. The monoisotopic (exact) mass is 266 g/mol. The Hall–Kier alpha value is -1.35. The maximum absolute atomic E-state index is 12.5. The first-order chi connectivity index (χ1) is 8.59. The summed E-state index contributed by atoms with van der Waals surface area (Å²) in [6, 6.07) is 8.55. The molecule has 0 aromatic heterocycles. The molecule has 2 unspecified atom stereocenters. The summed E-state index contributed by atoms with van der Waals surface area (Å²) in [5.41, 5.74) is -1.03. The lowest BCUT2D eigenvalue weighted by molar-refractivity contribution is -0.147. The van der Waals surface area contributed by atoms with Gasteiger partial charge < -0.3 is 5.11 Å². The second kappa shape index (κ2) is 5.11. The van der Waals surface area contributed by atoms with Gasteiger partial charge in [-0.15, -0.1) is 11.6 Å². The van der Waals surface area contributed by atoms with Gasteiger partial charge in [0.2, 0.25) is 0 Å². The number of carbonyl (C=O) groups excluding carboxylic acids is 1. The number of carboxylic acids is 1. The largest absolute Gasteiger partial charge is 0.480 e. The number of carbonyl (C=O) groups is 2. The molecule has 1 fully saturated rings. The van der Waals surface area contributed by atoms with E-state index >= 15 is 0 Å². The SMILES string of the molecule is O=C(O)C1(C(=O)c2ccccc2)CCCCC1Cl. The van der Waals surface area contributed by atoms with Crippen LogP contribution in [0.2, 0.25) is 0 Å². The van der Waals surface area contributed by atoms with Crippen molar-refractivity contribution in [2.45, 2.75) is 31.1 Å². The molecule has 0 amide bonds. The van der Waals surface area contributed by atoms with Gasteiger partial charge in [-0.05, 0) is 12.8 Å². The van der Waals surface area contributed by atoms with E-state index in [0.717, 1.165) is 12.8 Å². The van der Waals surface area contributed by atoms with Crippen molar-refractivity contribution >= 4 is 23.4 Å². The Morgan fingerprint density at radius 1 is 1.22 bits per heavy atom. The van der Waals surface area contributed by atoms with Crippen LogP contribution in [0.4, 0.5) is 0 Å². The van der Waals surface area contributed by atoms with Crippen LogP contribution in [0.25, 0.3) is 0 Å². The average Bonchev–Trinajstić information content (AvgIpc) is 2.39. The van der Waals surface area contributed by atoms with E-state index in [0.29, 0.717) is 18.4 Å². The number of aliphatic carboxylic acids is 1. The minimum Gasteiger partial charge on any atom is -0.480 e. The van der Waals surface area contributed by atoms with Gasteiger partial charge in [0.15, 0.2) is 5.78 Å². The third kappa shape index (κ3) is 2.03. The Morgan fingerprint density at radius 2 is 1.89 bits per heavy atom. The zero-order chi connectivity index (χ0) is 13.2. The van der Waals surface area contributed by atoms with Crippen LogP contribution in [0.1, 0.15) is 36.0 Å². The highest BCUT2D eigenvalue weighted by Crippen LogP contribution is 2.42. The second-order valence-electron chi connectivity index (χ2n) is 4.68. The van der Waals surface area contributed by atoms with Gasteiger partial charge in [0.1, 0.15) is 5.41 Å².